The average Bonchev–Trinajstić information content (AvgIpc) is 3.25. The molecule has 0 bridgehead atoms. The standard InChI is InChI=1S/C16H12F2N6O/c17-11-4-3-5-12(18)10(11)8-23-9-14(20-21-23)16(25)24-15-7-2-1-6-13(15)19-22-24/h1-7,9,19,22H,8H2. The first-order chi connectivity index (χ1) is 12.1. The lowest BCUT2D eigenvalue weighted by Crippen LogP contribution is -2.41. The Morgan fingerprint density at radius 3 is 2.64 bits per heavy atom. The average molecular weight is 342 g/mol. The molecule has 0 saturated heterocycles. The number of hydrogen-bond donors (Lipinski definition) is 2. The SMILES string of the molecule is O=C(c1cn(Cc2c(F)cccc2F)nn1)N1NNc2ccccc21. The third-order valence-corrected chi connectivity index (χ3v) is 3.79. The largest absolute Gasteiger partial charge is 0.301 e. The van der Waals surface area contributed by atoms with E-state index in [9.17, 15) is 13.6 Å². The van der Waals surface area contributed by atoms with E-state index < -0.39 is 17.5 Å². The highest BCUT2D eigenvalue weighted by Crippen LogP contribution is 2.28. The molecule has 0 fully saturated rings. The van der Waals surface area contributed by atoms with E-state index in [2.05, 4.69) is 21.3 Å². The number of carbonyl (C=O) groups excluding carboxylic acids is 1. The van der Waals surface area contributed by atoms with E-state index in [-0.39, 0.29) is 17.8 Å². The third-order valence-electron chi connectivity index (χ3n) is 3.79. The molecular weight excluding hydrogens is 330 g/mol. The van der Waals surface area contributed by atoms with Crippen LogP contribution in [0.5, 0.6) is 0 Å². The number of rotatable bonds is 3. The van der Waals surface area contributed by atoms with Gasteiger partial charge in [-0.3, -0.25) is 4.79 Å². The van der Waals surface area contributed by atoms with Gasteiger partial charge < -0.3 is 5.43 Å². The van der Waals surface area contributed by atoms with Crippen molar-refractivity contribution in [2.75, 3.05) is 10.4 Å². The number of nitrogens with one attached hydrogen (secondary N) is 2. The molecule has 2 aromatic carbocycles. The fraction of sp³-hybridized carbons (Fsp3) is 0.0625. The van der Waals surface area contributed by atoms with Crippen molar-refractivity contribution in [3.05, 3.63) is 71.6 Å². The number of nitrogens with zero attached hydrogens (tertiary/aromatic N) is 4. The Labute approximate surface area is 140 Å². The summed E-state index contributed by atoms with van der Waals surface area (Å²) in [7, 11) is 0. The van der Waals surface area contributed by atoms with Crippen molar-refractivity contribution in [3.63, 3.8) is 0 Å². The molecule has 0 radical (unpaired) electrons. The minimum atomic E-state index is -0.678. The number of hydrogen-bond acceptors (Lipinski definition) is 5. The Morgan fingerprint density at radius 2 is 1.84 bits per heavy atom. The number of anilines is 2. The number of hydrazine groups is 2. The van der Waals surface area contributed by atoms with Crippen molar-refractivity contribution in [2.45, 2.75) is 6.54 Å². The van der Waals surface area contributed by atoms with Crippen LogP contribution in [0.1, 0.15) is 16.1 Å². The van der Waals surface area contributed by atoms with Crippen molar-refractivity contribution in [1.82, 2.24) is 20.5 Å². The number of carbonyl (C=O) groups is 1. The van der Waals surface area contributed by atoms with Crippen molar-refractivity contribution >= 4 is 17.3 Å². The second kappa shape index (κ2) is 5.95. The molecule has 9 heteroatoms. The minimum absolute atomic E-state index is 0.0442. The lowest BCUT2D eigenvalue weighted by atomic mass is 10.2. The predicted octanol–water partition coefficient (Wildman–Crippen LogP) is 2.10. The summed E-state index contributed by atoms with van der Waals surface area (Å²) in [5.74, 6) is -1.80. The van der Waals surface area contributed by atoms with Gasteiger partial charge in [-0.15, -0.1) is 10.6 Å². The highest BCUT2D eigenvalue weighted by molar-refractivity contribution is 6.06. The van der Waals surface area contributed by atoms with Crippen LogP contribution in [-0.4, -0.2) is 20.9 Å². The van der Waals surface area contributed by atoms with Crippen LogP contribution < -0.4 is 16.0 Å². The molecule has 0 atom stereocenters. The molecule has 1 aliphatic heterocycles. The van der Waals surface area contributed by atoms with Gasteiger partial charge >= 0.3 is 0 Å². The number of benzene rings is 2. The Morgan fingerprint density at radius 1 is 1.08 bits per heavy atom. The summed E-state index contributed by atoms with van der Waals surface area (Å²) >= 11 is 0. The Bertz CT molecular complexity index is 937. The first-order valence-corrected chi connectivity index (χ1v) is 7.41. The van der Waals surface area contributed by atoms with Crippen LogP contribution >= 0.6 is 0 Å². The van der Waals surface area contributed by atoms with Crippen LogP contribution in [-0.2, 0) is 6.54 Å². The van der Waals surface area contributed by atoms with E-state index in [0.717, 1.165) is 17.8 Å². The van der Waals surface area contributed by atoms with Crippen LogP contribution in [0.15, 0.2) is 48.7 Å². The molecule has 1 aliphatic rings. The normalized spacial score (nSPS) is 12.8. The second-order valence-corrected chi connectivity index (χ2v) is 5.40. The van der Waals surface area contributed by atoms with Gasteiger partial charge in [-0.1, -0.05) is 23.4 Å². The lowest BCUT2D eigenvalue weighted by Gasteiger charge is -2.13. The highest BCUT2D eigenvalue weighted by atomic mass is 19.1. The summed E-state index contributed by atoms with van der Waals surface area (Å²) in [6.07, 6.45) is 1.34. The molecule has 1 aromatic heterocycles. The fourth-order valence-electron chi connectivity index (χ4n) is 2.54. The summed E-state index contributed by atoms with van der Waals surface area (Å²) in [4.78, 5) is 12.6. The zero-order chi connectivity index (χ0) is 17.4. The molecule has 2 N–H and O–H groups in total. The minimum Gasteiger partial charge on any atom is -0.301 e. The summed E-state index contributed by atoms with van der Waals surface area (Å²) in [6, 6.07) is 10.8. The second-order valence-electron chi connectivity index (χ2n) is 5.40. The maximum Gasteiger partial charge on any atom is 0.296 e. The van der Waals surface area contributed by atoms with E-state index >= 15 is 0 Å². The van der Waals surface area contributed by atoms with Crippen molar-refractivity contribution < 1.29 is 13.6 Å². The van der Waals surface area contributed by atoms with Gasteiger partial charge in [0.1, 0.15) is 11.6 Å². The third kappa shape index (κ3) is 2.70. The molecule has 0 saturated carbocycles. The molecule has 2 heterocycles. The van der Waals surface area contributed by atoms with Crippen LogP contribution in [0.25, 0.3) is 0 Å². The van der Waals surface area contributed by atoms with Gasteiger partial charge in [0, 0.05) is 5.56 Å². The van der Waals surface area contributed by atoms with Gasteiger partial charge in [-0.25, -0.2) is 18.5 Å². The summed E-state index contributed by atoms with van der Waals surface area (Å²) in [5.41, 5.74) is 6.89. The Hall–Kier alpha value is -3.33. The number of amides is 1. The number of fused-ring (bicyclic) bond motifs is 1. The summed E-state index contributed by atoms with van der Waals surface area (Å²) in [6.45, 7) is -0.166. The quantitative estimate of drug-likeness (QED) is 0.762. The molecule has 7 nitrogen and oxygen atoms in total. The molecule has 0 unspecified atom stereocenters. The Balaban J connectivity index is 1.57. The fourth-order valence-corrected chi connectivity index (χ4v) is 2.54. The van der Waals surface area contributed by atoms with E-state index in [0.29, 0.717) is 5.69 Å². The molecule has 126 valence electrons. The van der Waals surface area contributed by atoms with Crippen LogP contribution in [0.3, 0.4) is 0 Å². The van der Waals surface area contributed by atoms with Crippen LogP contribution in [0, 0.1) is 11.6 Å². The van der Waals surface area contributed by atoms with Gasteiger partial charge in [-0.2, -0.15) is 0 Å². The number of para-hydroxylation sites is 2. The number of aromatic nitrogens is 3. The molecule has 1 amide bonds. The van der Waals surface area contributed by atoms with Gasteiger partial charge in [0.25, 0.3) is 5.91 Å². The van der Waals surface area contributed by atoms with Crippen LogP contribution in [0.2, 0.25) is 0 Å². The van der Waals surface area contributed by atoms with Crippen molar-refractivity contribution in [3.8, 4) is 0 Å². The van der Waals surface area contributed by atoms with Gasteiger partial charge in [0.2, 0.25) is 0 Å². The van der Waals surface area contributed by atoms with Crippen molar-refractivity contribution in [1.29, 1.82) is 0 Å². The van der Waals surface area contributed by atoms with E-state index in [4.69, 9.17) is 0 Å². The smallest absolute Gasteiger partial charge is 0.296 e. The van der Waals surface area contributed by atoms with E-state index in [1.54, 1.807) is 12.1 Å². The maximum atomic E-state index is 13.7. The zero-order valence-electron chi connectivity index (χ0n) is 12.8. The topological polar surface area (TPSA) is 75.1 Å². The molecule has 0 aliphatic carbocycles. The van der Waals surface area contributed by atoms with E-state index in [1.165, 1.54) is 22.0 Å². The highest BCUT2D eigenvalue weighted by Gasteiger charge is 2.27. The molecule has 4 rings (SSSR count). The summed E-state index contributed by atoms with van der Waals surface area (Å²) < 4.78 is 28.6. The zero-order valence-corrected chi connectivity index (χ0v) is 12.8. The number of halogens is 2. The molecule has 3 aromatic rings. The predicted molar refractivity (Wildman–Crippen MR) is 85.5 cm³/mol. The van der Waals surface area contributed by atoms with Gasteiger partial charge in [0.05, 0.1) is 24.1 Å². The lowest BCUT2D eigenvalue weighted by molar-refractivity contribution is 0.0974. The maximum absolute atomic E-state index is 13.7. The molecule has 25 heavy (non-hydrogen) atoms. The van der Waals surface area contributed by atoms with Crippen LogP contribution in [0.4, 0.5) is 20.2 Å². The van der Waals surface area contributed by atoms with E-state index in [1.807, 2.05) is 12.1 Å². The summed E-state index contributed by atoms with van der Waals surface area (Å²) in [5, 5.41) is 8.86. The monoisotopic (exact) mass is 342 g/mol. The molecular formula is C16H12F2N6O. The Kier molecular flexibility index (Phi) is 3.62. The molecule has 0 spiro atoms. The van der Waals surface area contributed by atoms with Gasteiger partial charge in [0.15, 0.2) is 5.69 Å². The first kappa shape index (κ1) is 15.2. The van der Waals surface area contributed by atoms with Gasteiger partial charge in [-0.05, 0) is 24.3 Å². The van der Waals surface area contributed by atoms with Crippen molar-refractivity contribution in [2.24, 2.45) is 0 Å². The first-order valence-electron chi connectivity index (χ1n) is 7.41.